The Labute approximate surface area is 191 Å². The van der Waals surface area contributed by atoms with Gasteiger partial charge in [0, 0.05) is 6.04 Å². The van der Waals surface area contributed by atoms with Crippen LogP contribution < -0.4 is 15.2 Å². The van der Waals surface area contributed by atoms with Gasteiger partial charge in [-0.1, -0.05) is 54.6 Å². The number of sulfonamides is 1. The number of para-hydroxylation sites is 1. The van der Waals surface area contributed by atoms with Gasteiger partial charge in [-0.3, -0.25) is 0 Å². The molecule has 0 aromatic heterocycles. The Bertz CT molecular complexity index is 1440. The predicted molar refractivity (Wildman–Crippen MR) is 127 cm³/mol. The summed E-state index contributed by atoms with van der Waals surface area (Å²) in [5.41, 5.74) is 0.897. The van der Waals surface area contributed by atoms with E-state index in [-0.39, 0.29) is 23.0 Å². The number of nitrogens with two attached hydrogens (primary N) is 1. The van der Waals surface area contributed by atoms with E-state index in [0.717, 1.165) is 22.4 Å². The maximum Gasteiger partial charge on any atom is 0.335 e. The zero-order chi connectivity index (χ0) is 23.6. The minimum absolute atomic E-state index is 0.0682. The summed E-state index contributed by atoms with van der Waals surface area (Å²) in [6.07, 6.45) is 0. The standard InChI is InChI=1S/C25H22N2O5S/c1-16(18-12-11-17-7-5-6-8-19(17)13-18)27-22-14-20(25(28)29)15-23(33(26,30)31)24(22)32-21-9-3-2-4-10-21/h2-16,27H,1H3,(H,28,29)(H2,26,30,31). The number of ether oxygens (including phenoxy) is 1. The molecule has 4 aromatic carbocycles. The molecule has 0 amide bonds. The summed E-state index contributed by atoms with van der Waals surface area (Å²) in [6, 6.07) is 24.5. The van der Waals surface area contributed by atoms with Crippen molar-refractivity contribution in [3.63, 3.8) is 0 Å². The van der Waals surface area contributed by atoms with Gasteiger partial charge in [-0.05, 0) is 53.6 Å². The highest BCUT2D eigenvalue weighted by atomic mass is 32.2. The summed E-state index contributed by atoms with van der Waals surface area (Å²) in [5.74, 6) is -0.971. The summed E-state index contributed by atoms with van der Waals surface area (Å²) in [4.78, 5) is 11.3. The van der Waals surface area contributed by atoms with E-state index >= 15 is 0 Å². The van der Waals surface area contributed by atoms with Gasteiger partial charge >= 0.3 is 5.97 Å². The lowest BCUT2D eigenvalue weighted by Crippen LogP contribution is -2.17. The van der Waals surface area contributed by atoms with Crippen molar-refractivity contribution in [2.45, 2.75) is 17.9 Å². The average Bonchev–Trinajstić information content (AvgIpc) is 2.79. The first-order valence-corrected chi connectivity index (χ1v) is 11.7. The molecule has 0 radical (unpaired) electrons. The molecule has 1 unspecified atom stereocenters. The largest absolute Gasteiger partial charge is 0.478 e. The first-order valence-electron chi connectivity index (χ1n) is 10.1. The smallest absolute Gasteiger partial charge is 0.335 e. The molecule has 4 N–H and O–H groups in total. The number of carboxylic acids is 1. The summed E-state index contributed by atoms with van der Waals surface area (Å²) >= 11 is 0. The van der Waals surface area contributed by atoms with Gasteiger partial charge in [0.25, 0.3) is 0 Å². The van der Waals surface area contributed by atoms with Gasteiger partial charge in [-0.15, -0.1) is 0 Å². The van der Waals surface area contributed by atoms with E-state index in [1.807, 2.05) is 49.4 Å². The van der Waals surface area contributed by atoms with Crippen molar-refractivity contribution in [3.05, 3.63) is 96.1 Å². The average molecular weight is 463 g/mol. The lowest BCUT2D eigenvalue weighted by Gasteiger charge is -2.21. The fraction of sp³-hybridized carbons (Fsp3) is 0.0800. The molecule has 0 spiro atoms. The van der Waals surface area contributed by atoms with Gasteiger partial charge < -0.3 is 15.2 Å². The molecule has 4 rings (SSSR count). The van der Waals surface area contributed by atoms with E-state index in [1.54, 1.807) is 30.3 Å². The van der Waals surface area contributed by atoms with Gasteiger partial charge in [-0.25, -0.2) is 18.4 Å². The van der Waals surface area contributed by atoms with Crippen molar-refractivity contribution in [3.8, 4) is 11.5 Å². The molecule has 1 atom stereocenters. The van der Waals surface area contributed by atoms with Crippen LogP contribution in [0.2, 0.25) is 0 Å². The van der Waals surface area contributed by atoms with Crippen molar-refractivity contribution in [1.82, 2.24) is 0 Å². The number of carbonyl (C=O) groups is 1. The fourth-order valence-electron chi connectivity index (χ4n) is 3.55. The van der Waals surface area contributed by atoms with Crippen LogP contribution in [0.5, 0.6) is 11.5 Å². The number of primary sulfonamides is 1. The van der Waals surface area contributed by atoms with Crippen molar-refractivity contribution < 1.29 is 23.1 Å². The Hall–Kier alpha value is -3.88. The third-order valence-corrected chi connectivity index (χ3v) is 6.13. The quantitative estimate of drug-likeness (QED) is 0.349. The van der Waals surface area contributed by atoms with Crippen LogP contribution >= 0.6 is 0 Å². The molecular weight excluding hydrogens is 440 g/mol. The lowest BCUT2D eigenvalue weighted by atomic mass is 10.0. The van der Waals surface area contributed by atoms with Gasteiger partial charge in [0.15, 0.2) is 5.75 Å². The van der Waals surface area contributed by atoms with E-state index in [4.69, 9.17) is 9.88 Å². The van der Waals surface area contributed by atoms with Gasteiger partial charge in [0.2, 0.25) is 10.0 Å². The zero-order valence-corrected chi connectivity index (χ0v) is 18.5. The third kappa shape index (κ3) is 4.97. The number of nitrogens with one attached hydrogen (secondary N) is 1. The summed E-state index contributed by atoms with van der Waals surface area (Å²) < 4.78 is 30.6. The van der Waals surface area contributed by atoms with Crippen molar-refractivity contribution in [1.29, 1.82) is 0 Å². The van der Waals surface area contributed by atoms with E-state index in [2.05, 4.69) is 5.32 Å². The molecule has 4 aromatic rings. The topological polar surface area (TPSA) is 119 Å². The molecule has 0 bridgehead atoms. The highest BCUT2D eigenvalue weighted by Crippen LogP contribution is 2.39. The number of hydrogen-bond donors (Lipinski definition) is 3. The summed E-state index contributed by atoms with van der Waals surface area (Å²) in [6.45, 7) is 1.89. The number of benzene rings is 4. The summed E-state index contributed by atoms with van der Waals surface area (Å²) in [7, 11) is -4.29. The number of carboxylic acid groups (broad SMARTS) is 1. The maximum atomic E-state index is 12.4. The second kappa shape index (κ2) is 8.93. The minimum Gasteiger partial charge on any atom is -0.478 e. The second-order valence-corrected chi connectivity index (χ2v) is 9.12. The van der Waals surface area contributed by atoms with E-state index in [9.17, 15) is 18.3 Å². The SMILES string of the molecule is CC(Nc1cc(C(=O)O)cc(S(N)(=O)=O)c1Oc1ccccc1)c1ccc2ccccc2c1. The molecule has 0 saturated carbocycles. The monoisotopic (exact) mass is 462 g/mol. The Morgan fingerprint density at radius 1 is 0.939 bits per heavy atom. The Balaban J connectivity index is 1.81. The lowest BCUT2D eigenvalue weighted by molar-refractivity contribution is 0.0696. The van der Waals surface area contributed by atoms with Crippen LogP contribution in [0.1, 0.15) is 28.9 Å². The molecule has 7 nitrogen and oxygen atoms in total. The first-order chi connectivity index (χ1) is 15.7. The number of hydrogen-bond acceptors (Lipinski definition) is 5. The highest BCUT2D eigenvalue weighted by molar-refractivity contribution is 7.89. The molecule has 0 aliphatic rings. The van der Waals surface area contributed by atoms with Crippen LogP contribution in [-0.2, 0) is 10.0 Å². The zero-order valence-electron chi connectivity index (χ0n) is 17.7. The van der Waals surface area contributed by atoms with Crippen LogP contribution in [0.4, 0.5) is 5.69 Å². The Morgan fingerprint density at radius 2 is 1.61 bits per heavy atom. The molecule has 8 heteroatoms. The molecule has 168 valence electrons. The van der Waals surface area contributed by atoms with Crippen LogP contribution in [0, 0.1) is 0 Å². The van der Waals surface area contributed by atoms with E-state index in [1.165, 1.54) is 6.07 Å². The molecule has 0 fully saturated rings. The van der Waals surface area contributed by atoms with Gasteiger partial charge in [-0.2, -0.15) is 0 Å². The van der Waals surface area contributed by atoms with E-state index in [0.29, 0.717) is 5.75 Å². The number of rotatable bonds is 7. The van der Waals surface area contributed by atoms with Crippen molar-refractivity contribution in [2.24, 2.45) is 5.14 Å². The minimum atomic E-state index is -4.29. The fourth-order valence-corrected chi connectivity index (χ4v) is 4.25. The third-order valence-electron chi connectivity index (χ3n) is 5.22. The Morgan fingerprint density at radius 3 is 2.27 bits per heavy atom. The molecule has 0 aliphatic carbocycles. The second-order valence-electron chi connectivity index (χ2n) is 7.59. The predicted octanol–water partition coefficient (Wildman–Crippen LogP) is 5.15. The summed E-state index contributed by atoms with van der Waals surface area (Å²) in [5, 5.41) is 20.3. The molecular formula is C25H22N2O5S. The molecule has 0 saturated heterocycles. The molecule has 0 heterocycles. The van der Waals surface area contributed by atoms with Crippen molar-refractivity contribution >= 4 is 32.5 Å². The maximum absolute atomic E-state index is 12.4. The number of fused-ring (bicyclic) bond motifs is 1. The normalized spacial score (nSPS) is 12.3. The van der Waals surface area contributed by atoms with Crippen LogP contribution in [0.3, 0.4) is 0 Å². The molecule has 0 aliphatic heterocycles. The van der Waals surface area contributed by atoms with Crippen LogP contribution in [-0.4, -0.2) is 19.5 Å². The van der Waals surface area contributed by atoms with Crippen LogP contribution in [0.25, 0.3) is 10.8 Å². The highest BCUT2D eigenvalue weighted by Gasteiger charge is 2.24. The van der Waals surface area contributed by atoms with E-state index < -0.39 is 20.9 Å². The van der Waals surface area contributed by atoms with Gasteiger partial charge in [0.1, 0.15) is 10.6 Å². The number of aromatic carboxylic acids is 1. The molecule has 33 heavy (non-hydrogen) atoms. The van der Waals surface area contributed by atoms with Crippen LogP contribution in [0.15, 0.2) is 89.8 Å². The first kappa shape index (κ1) is 22.3. The van der Waals surface area contributed by atoms with Crippen molar-refractivity contribution in [2.75, 3.05) is 5.32 Å². The number of anilines is 1. The Kier molecular flexibility index (Phi) is 6.04. The van der Waals surface area contributed by atoms with Gasteiger partial charge in [0.05, 0.1) is 11.3 Å².